The van der Waals surface area contributed by atoms with Crippen LogP contribution in [0.15, 0.2) is 30.6 Å². The molecule has 3 rings (SSSR count). The highest BCUT2D eigenvalue weighted by atomic mass is 35.5. The van der Waals surface area contributed by atoms with E-state index in [4.69, 9.17) is 34.8 Å². The summed E-state index contributed by atoms with van der Waals surface area (Å²) in [7, 11) is 0. The van der Waals surface area contributed by atoms with Crippen molar-refractivity contribution in [3.8, 4) is 0 Å². The van der Waals surface area contributed by atoms with Gasteiger partial charge in [-0.2, -0.15) is 0 Å². The van der Waals surface area contributed by atoms with Crippen molar-refractivity contribution in [2.45, 2.75) is 19.4 Å². The van der Waals surface area contributed by atoms with Gasteiger partial charge >= 0.3 is 6.03 Å². The largest absolute Gasteiger partial charge is 0.367 e. The summed E-state index contributed by atoms with van der Waals surface area (Å²) >= 11 is 18.3. The molecule has 1 aliphatic heterocycles. The van der Waals surface area contributed by atoms with E-state index in [1.54, 1.807) is 17.3 Å². The molecule has 1 N–H and O–H groups in total. The number of urea groups is 1. The number of pyridine rings is 1. The summed E-state index contributed by atoms with van der Waals surface area (Å²) in [6, 6.07) is 3.73. The highest BCUT2D eigenvalue weighted by molar-refractivity contribution is 6.38. The molecule has 27 heavy (non-hydrogen) atoms. The third-order valence-electron chi connectivity index (χ3n) is 4.42. The number of carbonyl (C=O) groups excluding carboxylic acids is 1. The number of rotatable bonds is 2. The number of nitrogens with one attached hydrogen (secondary N) is 1. The predicted octanol–water partition coefficient (Wildman–Crippen LogP) is 5.31. The van der Waals surface area contributed by atoms with E-state index in [0.29, 0.717) is 35.4 Å². The SMILES string of the molecule is CC1CN(c2c(Cl)cncc2Cl)CCCN1C(=O)Nc1ccc(F)c(Cl)c1. The summed E-state index contributed by atoms with van der Waals surface area (Å²) in [6.07, 6.45) is 3.86. The quantitative estimate of drug-likeness (QED) is 0.700. The number of benzene rings is 1. The molecule has 0 bridgehead atoms. The molecule has 1 atom stereocenters. The first-order valence-electron chi connectivity index (χ1n) is 8.43. The summed E-state index contributed by atoms with van der Waals surface area (Å²) in [6.45, 7) is 3.80. The predicted molar refractivity (Wildman–Crippen MR) is 108 cm³/mol. The molecule has 1 aliphatic rings. The third kappa shape index (κ3) is 4.57. The standard InChI is InChI=1S/C18H18Cl3FN4O/c1-11-10-25(17-14(20)8-23-9-15(17)21)5-2-6-26(11)18(27)24-12-3-4-16(22)13(19)7-12/h3-4,7-9,11H,2,5-6,10H2,1H3,(H,24,27). The van der Waals surface area contributed by atoms with Gasteiger partial charge < -0.3 is 15.1 Å². The molecule has 1 aromatic heterocycles. The molecule has 5 nitrogen and oxygen atoms in total. The molecule has 1 unspecified atom stereocenters. The van der Waals surface area contributed by atoms with Gasteiger partial charge in [-0.15, -0.1) is 0 Å². The zero-order valence-electron chi connectivity index (χ0n) is 14.6. The highest BCUT2D eigenvalue weighted by Crippen LogP contribution is 2.33. The molecule has 1 fully saturated rings. The molecule has 2 heterocycles. The summed E-state index contributed by atoms with van der Waals surface area (Å²) in [4.78, 5) is 20.5. The summed E-state index contributed by atoms with van der Waals surface area (Å²) in [5.41, 5.74) is 1.17. The topological polar surface area (TPSA) is 48.5 Å². The van der Waals surface area contributed by atoms with E-state index >= 15 is 0 Å². The van der Waals surface area contributed by atoms with Crippen molar-refractivity contribution in [3.05, 3.63) is 51.5 Å². The van der Waals surface area contributed by atoms with Gasteiger partial charge in [-0.1, -0.05) is 34.8 Å². The number of halogens is 4. The number of anilines is 2. The molecule has 0 saturated carbocycles. The van der Waals surface area contributed by atoms with E-state index in [9.17, 15) is 9.18 Å². The number of hydrogen-bond acceptors (Lipinski definition) is 3. The molecule has 2 aromatic rings. The Morgan fingerprint density at radius 3 is 2.56 bits per heavy atom. The van der Waals surface area contributed by atoms with Crippen molar-refractivity contribution in [3.63, 3.8) is 0 Å². The second kappa shape index (κ2) is 8.50. The average molecular weight is 432 g/mol. The summed E-state index contributed by atoms with van der Waals surface area (Å²) in [5.74, 6) is -0.528. The minimum absolute atomic E-state index is 0.0372. The zero-order valence-corrected chi connectivity index (χ0v) is 16.8. The van der Waals surface area contributed by atoms with Crippen LogP contribution in [0.2, 0.25) is 15.1 Å². The lowest BCUT2D eigenvalue weighted by molar-refractivity contribution is 0.198. The Morgan fingerprint density at radius 2 is 1.89 bits per heavy atom. The minimum atomic E-state index is -0.528. The number of nitrogens with zero attached hydrogens (tertiary/aromatic N) is 3. The van der Waals surface area contributed by atoms with Gasteiger partial charge in [0.15, 0.2) is 0 Å². The van der Waals surface area contributed by atoms with Gasteiger partial charge in [0.1, 0.15) is 5.82 Å². The number of amides is 2. The van der Waals surface area contributed by atoms with Crippen LogP contribution in [-0.4, -0.2) is 41.6 Å². The van der Waals surface area contributed by atoms with Crippen LogP contribution in [0, 0.1) is 5.82 Å². The van der Waals surface area contributed by atoms with E-state index in [-0.39, 0.29) is 17.1 Å². The van der Waals surface area contributed by atoms with E-state index in [1.807, 2.05) is 6.92 Å². The third-order valence-corrected chi connectivity index (χ3v) is 5.26. The second-order valence-electron chi connectivity index (χ2n) is 6.35. The Balaban J connectivity index is 1.73. The molecule has 1 saturated heterocycles. The Hall–Kier alpha value is -1.76. The fourth-order valence-corrected chi connectivity index (χ4v) is 3.93. The average Bonchev–Trinajstić information content (AvgIpc) is 2.79. The van der Waals surface area contributed by atoms with Crippen LogP contribution >= 0.6 is 34.8 Å². The van der Waals surface area contributed by atoms with Crippen molar-refractivity contribution in [2.75, 3.05) is 29.9 Å². The molecular formula is C18H18Cl3FN4O. The molecule has 2 amide bonds. The van der Waals surface area contributed by atoms with Crippen molar-refractivity contribution < 1.29 is 9.18 Å². The number of hydrogen-bond donors (Lipinski definition) is 1. The van der Waals surface area contributed by atoms with E-state index < -0.39 is 5.82 Å². The van der Waals surface area contributed by atoms with Gasteiger partial charge in [0.05, 0.1) is 20.8 Å². The molecule has 144 valence electrons. The van der Waals surface area contributed by atoms with Crippen molar-refractivity contribution >= 4 is 52.2 Å². The first-order valence-corrected chi connectivity index (χ1v) is 9.57. The maximum absolute atomic E-state index is 13.3. The first-order chi connectivity index (χ1) is 12.9. The smallest absolute Gasteiger partial charge is 0.322 e. The number of carbonyl (C=O) groups is 1. The molecular weight excluding hydrogens is 414 g/mol. The Kier molecular flexibility index (Phi) is 6.29. The minimum Gasteiger partial charge on any atom is -0.367 e. The fraction of sp³-hybridized carbons (Fsp3) is 0.333. The lowest BCUT2D eigenvalue weighted by atomic mass is 10.2. The zero-order chi connectivity index (χ0) is 19.6. The lowest BCUT2D eigenvalue weighted by Crippen LogP contribution is -2.44. The maximum Gasteiger partial charge on any atom is 0.322 e. The van der Waals surface area contributed by atoms with Gasteiger partial charge in [-0.3, -0.25) is 4.98 Å². The fourth-order valence-electron chi connectivity index (χ4n) is 3.14. The lowest BCUT2D eigenvalue weighted by Gasteiger charge is -2.30. The van der Waals surface area contributed by atoms with Crippen molar-refractivity contribution in [1.82, 2.24) is 9.88 Å². The summed E-state index contributed by atoms with van der Waals surface area (Å²) < 4.78 is 13.3. The first kappa shape index (κ1) is 20.0. The summed E-state index contributed by atoms with van der Waals surface area (Å²) in [5, 5.41) is 3.69. The molecule has 1 aromatic carbocycles. The van der Waals surface area contributed by atoms with Gasteiger partial charge in [0.2, 0.25) is 0 Å². The molecule has 0 aliphatic carbocycles. The van der Waals surface area contributed by atoms with Crippen LogP contribution in [0.3, 0.4) is 0 Å². The monoisotopic (exact) mass is 430 g/mol. The van der Waals surface area contributed by atoms with Crippen LogP contribution < -0.4 is 10.2 Å². The van der Waals surface area contributed by atoms with Gasteiger partial charge in [-0.05, 0) is 31.5 Å². The Bertz CT molecular complexity index is 831. The van der Waals surface area contributed by atoms with Crippen molar-refractivity contribution in [2.24, 2.45) is 0 Å². The van der Waals surface area contributed by atoms with Gasteiger partial charge in [0.25, 0.3) is 0 Å². The van der Waals surface area contributed by atoms with Crippen LogP contribution in [0.1, 0.15) is 13.3 Å². The Labute approximate surface area is 172 Å². The van der Waals surface area contributed by atoms with Gasteiger partial charge in [0, 0.05) is 43.8 Å². The van der Waals surface area contributed by atoms with E-state index in [2.05, 4.69) is 15.2 Å². The van der Waals surface area contributed by atoms with E-state index in [0.717, 1.165) is 12.1 Å². The molecule has 0 radical (unpaired) electrons. The van der Waals surface area contributed by atoms with Gasteiger partial charge in [-0.25, -0.2) is 9.18 Å². The molecule has 0 spiro atoms. The van der Waals surface area contributed by atoms with Crippen LogP contribution in [0.4, 0.5) is 20.6 Å². The van der Waals surface area contributed by atoms with Crippen LogP contribution in [0.5, 0.6) is 0 Å². The van der Waals surface area contributed by atoms with E-state index in [1.165, 1.54) is 18.2 Å². The van der Waals surface area contributed by atoms with Crippen LogP contribution in [-0.2, 0) is 0 Å². The molecule has 9 heteroatoms. The van der Waals surface area contributed by atoms with Crippen LogP contribution in [0.25, 0.3) is 0 Å². The van der Waals surface area contributed by atoms with Crippen molar-refractivity contribution in [1.29, 1.82) is 0 Å². The maximum atomic E-state index is 13.3. The second-order valence-corrected chi connectivity index (χ2v) is 7.57. The Morgan fingerprint density at radius 1 is 1.19 bits per heavy atom. The normalized spacial score (nSPS) is 17.6. The highest BCUT2D eigenvalue weighted by Gasteiger charge is 2.27. The number of aromatic nitrogens is 1.